The SMILES string of the molecule is CC1CCCN(CC(O)c2ccc(C(C)C)cc2)C1=O. The molecular formula is C17H25NO2. The molecule has 2 atom stereocenters. The molecule has 1 fully saturated rings. The van der Waals surface area contributed by atoms with Crippen molar-refractivity contribution in [3.8, 4) is 0 Å². The minimum atomic E-state index is -0.592. The highest BCUT2D eigenvalue weighted by atomic mass is 16.3. The summed E-state index contributed by atoms with van der Waals surface area (Å²) in [5, 5.41) is 10.3. The van der Waals surface area contributed by atoms with E-state index in [1.165, 1.54) is 5.56 Å². The third kappa shape index (κ3) is 3.40. The molecule has 0 aliphatic carbocycles. The van der Waals surface area contributed by atoms with Gasteiger partial charge in [0.05, 0.1) is 12.6 Å². The first-order valence-corrected chi connectivity index (χ1v) is 7.55. The molecule has 0 radical (unpaired) electrons. The number of benzene rings is 1. The summed E-state index contributed by atoms with van der Waals surface area (Å²) >= 11 is 0. The van der Waals surface area contributed by atoms with Gasteiger partial charge in [0.25, 0.3) is 0 Å². The molecule has 0 aromatic heterocycles. The number of likely N-dealkylation sites (tertiary alicyclic amines) is 1. The Bertz CT molecular complexity index is 453. The smallest absolute Gasteiger partial charge is 0.225 e. The minimum absolute atomic E-state index is 0.0965. The molecule has 1 aliphatic heterocycles. The van der Waals surface area contributed by atoms with E-state index in [9.17, 15) is 9.90 Å². The van der Waals surface area contributed by atoms with Crippen LogP contribution in [0.15, 0.2) is 24.3 Å². The Balaban J connectivity index is 2.00. The molecule has 1 heterocycles. The largest absolute Gasteiger partial charge is 0.387 e. The van der Waals surface area contributed by atoms with Crippen LogP contribution in [0.5, 0.6) is 0 Å². The van der Waals surface area contributed by atoms with Gasteiger partial charge in [-0.2, -0.15) is 0 Å². The second kappa shape index (κ2) is 6.40. The van der Waals surface area contributed by atoms with Crippen molar-refractivity contribution in [2.75, 3.05) is 13.1 Å². The van der Waals surface area contributed by atoms with Gasteiger partial charge in [0.2, 0.25) is 5.91 Å². The fourth-order valence-corrected chi connectivity index (χ4v) is 2.73. The maximum Gasteiger partial charge on any atom is 0.225 e. The average Bonchev–Trinajstić information content (AvgIpc) is 2.44. The van der Waals surface area contributed by atoms with Crippen molar-refractivity contribution in [2.24, 2.45) is 5.92 Å². The molecule has 1 saturated heterocycles. The highest BCUT2D eigenvalue weighted by Gasteiger charge is 2.26. The predicted octanol–water partition coefficient (Wildman–Crippen LogP) is 3.10. The highest BCUT2D eigenvalue weighted by Crippen LogP contribution is 2.23. The monoisotopic (exact) mass is 275 g/mol. The standard InChI is InChI=1S/C17H25NO2/c1-12(2)14-6-8-15(9-7-14)16(19)11-18-10-4-5-13(3)17(18)20/h6-9,12-13,16,19H,4-5,10-11H2,1-3H3. The van der Waals surface area contributed by atoms with E-state index < -0.39 is 6.10 Å². The van der Waals surface area contributed by atoms with Crippen molar-refractivity contribution in [3.63, 3.8) is 0 Å². The van der Waals surface area contributed by atoms with Gasteiger partial charge in [0.15, 0.2) is 0 Å². The molecule has 0 spiro atoms. The summed E-state index contributed by atoms with van der Waals surface area (Å²) in [5.41, 5.74) is 2.16. The van der Waals surface area contributed by atoms with Gasteiger partial charge in [-0.3, -0.25) is 4.79 Å². The zero-order chi connectivity index (χ0) is 14.7. The van der Waals surface area contributed by atoms with E-state index in [0.717, 1.165) is 24.9 Å². The van der Waals surface area contributed by atoms with Crippen LogP contribution in [0, 0.1) is 5.92 Å². The summed E-state index contributed by atoms with van der Waals surface area (Å²) < 4.78 is 0. The molecule has 1 N–H and O–H groups in total. The van der Waals surface area contributed by atoms with Gasteiger partial charge in [0.1, 0.15) is 0 Å². The molecule has 3 nitrogen and oxygen atoms in total. The molecule has 3 heteroatoms. The number of piperidine rings is 1. The van der Waals surface area contributed by atoms with Crippen LogP contribution in [-0.2, 0) is 4.79 Å². The number of hydrogen-bond acceptors (Lipinski definition) is 2. The van der Waals surface area contributed by atoms with Crippen LogP contribution >= 0.6 is 0 Å². The number of carbonyl (C=O) groups is 1. The fraction of sp³-hybridized carbons (Fsp3) is 0.588. The number of aliphatic hydroxyl groups excluding tert-OH is 1. The number of rotatable bonds is 4. The van der Waals surface area contributed by atoms with Crippen molar-refractivity contribution < 1.29 is 9.90 Å². The van der Waals surface area contributed by atoms with Crippen molar-refractivity contribution in [2.45, 2.75) is 45.6 Å². The molecule has 1 aromatic carbocycles. The van der Waals surface area contributed by atoms with Gasteiger partial charge in [-0.25, -0.2) is 0 Å². The summed E-state index contributed by atoms with van der Waals surface area (Å²) in [7, 11) is 0. The third-order valence-corrected chi connectivity index (χ3v) is 4.18. The lowest BCUT2D eigenvalue weighted by Gasteiger charge is -2.32. The summed E-state index contributed by atoms with van der Waals surface area (Å²) in [5.74, 6) is 0.763. The van der Waals surface area contributed by atoms with E-state index >= 15 is 0 Å². The number of aliphatic hydroxyl groups is 1. The van der Waals surface area contributed by atoms with Crippen molar-refractivity contribution in [1.29, 1.82) is 0 Å². The molecule has 110 valence electrons. The first kappa shape index (κ1) is 15.0. The first-order valence-electron chi connectivity index (χ1n) is 7.55. The normalized spacial score (nSPS) is 21.4. The number of hydrogen-bond donors (Lipinski definition) is 1. The Morgan fingerprint density at radius 2 is 1.85 bits per heavy atom. The molecule has 0 bridgehead atoms. The molecule has 2 unspecified atom stereocenters. The molecule has 20 heavy (non-hydrogen) atoms. The molecule has 1 aromatic rings. The lowest BCUT2D eigenvalue weighted by Crippen LogP contribution is -2.42. The number of β-amino-alcohol motifs (C(OH)–C–C–N with tert-alkyl or cyclic N) is 1. The minimum Gasteiger partial charge on any atom is -0.387 e. The van der Waals surface area contributed by atoms with E-state index in [4.69, 9.17) is 0 Å². The van der Waals surface area contributed by atoms with E-state index in [1.807, 2.05) is 19.1 Å². The lowest BCUT2D eigenvalue weighted by molar-refractivity contribution is -0.139. The second-order valence-corrected chi connectivity index (χ2v) is 6.16. The van der Waals surface area contributed by atoms with Crippen LogP contribution in [-0.4, -0.2) is 29.0 Å². The van der Waals surface area contributed by atoms with E-state index in [1.54, 1.807) is 4.90 Å². The third-order valence-electron chi connectivity index (χ3n) is 4.18. The fourth-order valence-electron chi connectivity index (χ4n) is 2.73. The van der Waals surface area contributed by atoms with Crippen LogP contribution in [0.3, 0.4) is 0 Å². The lowest BCUT2D eigenvalue weighted by atomic mass is 9.97. The van der Waals surface area contributed by atoms with Crippen molar-refractivity contribution in [3.05, 3.63) is 35.4 Å². The van der Waals surface area contributed by atoms with Gasteiger partial charge < -0.3 is 10.0 Å². The predicted molar refractivity (Wildman–Crippen MR) is 80.5 cm³/mol. The quantitative estimate of drug-likeness (QED) is 0.917. The molecular weight excluding hydrogens is 250 g/mol. The van der Waals surface area contributed by atoms with Gasteiger partial charge in [-0.1, -0.05) is 45.0 Å². The zero-order valence-electron chi connectivity index (χ0n) is 12.7. The second-order valence-electron chi connectivity index (χ2n) is 6.16. The maximum absolute atomic E-state index is 12.1. The van der Waals surface area contributed by atoms with Crippen LogP contribution in [0.25, 0.3) is 0 Å². The van der Waals surface area contributed by atoms with Crippen LogP contribution in [0.4, 0.5) is 0 Å². The topological polar surface area (TPSA) is 40.5 Å². The number of amides is 1. The highest BCUT2D eigenvalue weighted by molar-refractivity contribution is 5.79. The summed E-state index contributed by atoms with van der Waals surface area (Å²) in [6.45, 7) is 7.45. The molecule has 1 aliphatic rings. The molecule has 2 rings (SSSR count). The van der Waals surface area contributed by atoms with Crippen molar-refractivity contribution >= 4 is 5.91 Å². The Labute approximate surface area is 121 Å². The average molecular weight is 275 g/mol. The Hall–Kier alpha value is -1.35. The Morgan fingerprint density at radius 1 is 1.25 bits per heavy atom. The van der Waals surface area contributed by atoms with Crippen molar-refractivity contribution in [1.82, 2.24) is 4.90 Å². The van der Waals surface area contributed by atoms with Crippen LogP contribution in [0.1, 0.15) is 56.8 Å². The summed E-state index contributed by atoms with van der Waals surface area (Å²) in [4.78, 5) is 13.9. The van der Waals surface area contributed by atoms with Gasteiger partial charge >= 0.3 is 0 Å². The van der Waals surface area contributed by atoms with E-state index in [-0.39, 0.29) is 11.8 Å². The Kier molecular flexibility index (Phi) is 4.81. The van der Waals surface area contributed by atoms with Crippen LogP contribution < -0.4 is 0 Å². The van der Waals surface area contributed by atoms with Gasteiger partial charge in [-0.05, 0) is 29.9 Å². The summed E-state index contributed by atoms with van der Waals surface area (Å²) in [6, 6.07) is 8.06. The first-order chi connectivity index (χ1) is 9.49. The van der Waals surface area contributed by atoms with Gasteiger partial charge in [-0.15, -0.1) is 0 Å². The van der Waals surface area contributed by atoms with E-state index in [0.29, 0.717) is 12.5 Å². The molecule has 1 amide bonds. The van der Waals surface area contributed by atoms with E-state index in [2.05, 4.69) is 26.0 Å². The Morgan fingerprint density at radius 3 is 2.45 bits per heavy atom. The number of nitrogens with zero attached hydrogens (tertiary/aromatic N) is 1. The zero-order valence-corrected chi connectivity index (χ0v) is 12.7. The number of carbonyl (C=O) groups excluding carboxylic acids is 1. The van der Waals surface area contributed by atoms with Gasteiger partial charge in [0, 0.05) is 12.5 Å². The summed E-state index contributed by atoms with van der Waals surface area (Å²) in [6.07, 6.45) is 1.41. The molecule has 0 saturated carbocycles. The maximum atomic E-state index is 12.1. The van der Waals surface area contributed by atoms with Crippen LogP contribution in [0.2, 0.25) is 0 Å².